The lowest BCUT2D eigenvalue weighted by molar-refractivity contribution is 0.415. The first-order chi connectivity index (χ1) is 11.6. The minimum Gasteiger partial charge on any atom is -0.497 e. The van der Waals surface area contributed by atoms with Gasteiger partial charge in [0, 0.05) is 18.2 Å². The van der Waals surface area contributed by atoms with Crippen LogP contribution in [0.4, 0.5) is 0 Å². The molecule has 0 N–H and O–H groups in total. The number of hydrogen-bond donors (Lipinski definition) is 0. The zero-order chi connectivity index (χ0) is 17.1. The van der Waals surface area contributed by atoms with Gasteiger partial charge in [0.15, 0.2) is 0 Å². The van der Waals surface area contributed by atoms with Crippen molar-refractivity contribution in [1.82, 2.24) is 4.57 Å². The van der Waals surface area contributed by atoms with Gasteiger partial charge in [-0.25, -0.2) is 0 Å². The van der Waals surface area contributed by atoms with Gasteiger partial charge < -0.3 is 9.30 Å². The van der Waals surface area contributed by atoms with Crippen LogP contribution in [0.5, 0.6) is 5.75 Å². The molecule has 3 rings (SSSR count). The van der Waals surface area contributed by atoms with Crippen molar-refractivity contribution in [2.24, 2.45) is 5.92 Å². The third-order valence-electron chi connectivity index (χ3n) is 5.31. The molecule has 1 aliphatic carbocycles. The Labute approximate surface area is 144 Å². The summed E-state index contributed by atoms with van der Waals surface area (Å²) in [5.41, 5.74) is 2.24. The van der Waals surface area contributed by atoms with E-state index in [1.807, 2.05) is 16.7 Å². The third kappa shape index (κ3) is 3.50. The van der Waals surface area contributed by atoms with Gasteiger partial charge in [0.25, 0.3) is 5.56 Å². The highest BCUT2D eigenvalue weighted by molar-refractivity contribution is 5.81. The van der Waals surface area contributed by atoms with E-state index in [2.05, 4.69) is 26.0 Å². The van der Waals surface area contributed by atoms with Gasteiger partial charge in [-0.15, -0.1) is 0 Å². The standard InChI is InChI=1S/C21H29NO2/c1-15(2)11-12-22-20-14-18(24-3)10-9-17(20)13-19(21(22)23)16-7-5-4-6-8-16/h9-10,13-16H,4-8,11-12H2,1-3H3. The Balaban J connectivity index is 2.12. The van der Waals surface area contributed by atoms with Crippen molar-refractivity contribution >= 4 is 10.9 Å². The largest absolute Gasteiger partial charge is 0.497 e. The molecule has 2 aromatic rings. The molecule has 24 heavy (non-hydrogen) atoms. The summed E-state index contributed by atoms with van der Waals surface area (Å²) in [6.07, 6.45) is 7.12. The summed E-state index contributed by atoms with van der Waals surface area (Å²) in [4.78, 5) is 13.2. The fourth-order valence-electron chi connectivity index (χ4n) is 3.82. The minimum atomic E-state index is 0.211. The number of hydrogen-bond acceptors (Lipinski definition) is 2. The maximum Gasteiger partial charge on any atom is 0.254 e. The van der Waals surface area contributed by atoms with Crippen LogP contribution in [0.3, 0.4) is 0 Å². The van der Waals surface area contributed by atoms with E-state index in [-0.39, 0.29) is 5.56 Å². The van der Waals surface area contributed by atoms with Gasteiger partial charge >= 0.3 is 0 Å². The van der Waals surface area contributed by atoms with Gasteiger partial charge in [0.2, 0.25) is 0 Å². The Morgan fingerprint density at radius 3 is 2.58 bits per heavy atom. The highest BCUT2D eigenvalue weighted by atomic mass is 16.5. The van der Waals surface area contributed by atoms with Gasteiger partial charge in [-0.05, 0) is 54.7 Å². The van der Waals surface area contributed by atoms with Crippen LogP contribution in [0.1, 0.15) is 63.9 Å². The van der Waals surface area contributed by atoms with E-state index in [1.165, 1.54) is 19.3 Å². The summed E-state index contributed by atoms with van der Waals surface area (Å²) in [5.74, 6) is 1.82. The average molecular weight is 327 g/mol. The fraction of sp³-hybridized carbons (Fsp3) is 0.571. The second-order valence-corrected chi connectivity index (χ2v) is 7.50. The van der Waals surface area contributed by atoms with Crippen LogP contribution in [0, 0.1) is 5.92 Å². The van der Waals surface area contributed by atoms with Gasteiger partial charge in [-0.2, -0.15) is 0 Å². The molecule has 0 aliphatic heterocycles. The van der Waals surface area contributed by atoms with E-state index in [4.69, 9.17) is 4.74 Å². The van der Waals surface area contributed by atoms with E-state index in [9.17, 15) is 4.79 Å². The first-order valence-corrected chi connectivity index (χ1v) is 9.31. The minimum absolute atomic E-state index is 0.211. The third-order valence-corrected chi connectivity index (χ3v) is 5.31. The maximum absolute atomic E-state index is 13.2. The quantitative estimate of drug-likeness (QED) is 0.764. The normalized spacial score (nSPS) is 16.0. The molecule has 0 atom stereocenters. The lowest BCUT2D eigenvalue weighted by atomic mass is 9.84. The summed E-state index contributed by atoms with van der Waals surface area (Å²) < 4.78 is 7.36. The average Bonchev–Trinajstić information content (AvgIpc) is 2.60. The van der Waals surface area contributed by atoms with E-state index in [0.717, 1.165) is 48.0 Å². The molecule has 0 saturated heterocycles. The number of benzene rings is 1. The monoisotopic (exact) mass is 327 g/mol. The second-order valence-electron chi connectivity index (χ2n) is 7.50. The molecule has 3 nitrogen and oxygen atoms in total. The van der Waals surface area contributed by atoms with Crippen LogP contribution in [-0.4, -0.2) is 11.7 Å². The highest BCUT2D eigenvalue weighted by Crippen LogP contribution is 2.32. The summed E-state index contributed by atoms with van der Waals surface area (Å²) in [5, 5.41) is 1.15. The molecule has 3 heteroatoms. The predicted molar refractivity (Wildman–Crippen MR) is 100 cm³/mol. The van der Waals surface area contributed by atoms with E-state index >= 15 is 0 Å². The molecular weight excluding hydrogens is 298 g/mol. The summed E-state index contributed by atoms with van der Waals surface area (Å²) in [6.45, 7) is 5.19. The Morgan fingerprint density at radius 2 is 1.92 bits per heavy atom. The lowest BCUT2D eigenvalue weighted by Gasteiger charge is -2.23. The molecule has 1 saturated carbocycles. The van der Waals surface area contributed by atoms with Crippen LogP contribution >= 0.6 is 0 Å². The number of pyridine rings is 1. The van der Waals surface area contributed by atoms with Crippen LogP contribution in [0.15, 0.2) is 29.1 Å². The van der Waals surface area contributed by atoms with Gasteiger partial charge in [-0.3, -0.25) is 4.79 Å². The summed E-state index contributed by atoms with van der Waals surface area (Å²) in [7, 11) is 1.67. The SMILES string of the molecule is COc1ccc2cc(C3CCCCC3)c(=O)n(CCC(C)C)c2c1. The van der Waals surface area contributed by atoms with Gasteiger partial charge in [0.1, 0.15) is 5.75 Å². The number of methoxy groups -OCH3 is 1. The van der Waals surface area contributed by atoms with Crippen molar-refractivity contribution in [2.45, 2.75) is 64.8 Å². The molecule has 1 fully saturated rings. The van der Waals surface area contributed by atoms with E-state index in [1.54, 1.807) is 7.11 Å². The van der Waals surface area contributed by atoms with Crippen molar-refractivity contribution in [3.05, 3.63) is 40.2 Å². The molecule has 1 heterocycles. The van der Waals surface area contributed by atoms with Crippen LogP contribution in [0.25, 0.3) is 10.9 Å². The Morgan fingerprint density at radius 1 is 1.17 bits per heavy atom. The molecule has 0 spiro atoms. The zero-order valence-corrected chi connectivity index (χ0v) is 15.2. The number of rotatable bonds is 5. The number of fused-ring (bicyclic) bond motifs is 1. The first kappa shape index (κ1) is 17.1. The van der Waals surface area contributed by atoms with Crippen molar-refractivity contribution < 1.29 is 4.74 Å². The Kier molecular flexibility index (Phi) is 5.27. The summed E-state index contributed by atoms with van der Waals surface area (Å²) in [6, 6.07) is 8.22. The number of ether oxygens (including phenoxy) is 1. The maximum atomic E-state index is 13.2. The second kappa shape index (κ2) is 7.42. The van der Waals surface area contributed by atoms with Crippen molar-refractivity contribution in [1.29, 1.82) is 0 Å². The molecule has 0 amide bonds. The highest BCUT2D eigenvalue weighted by Gasteiger charge is 2.21. The first-order valence-electron chi connectivity index (χ1n) is 9.31. The van der Waals surface area contributed by atoms with Crippen molar-refractivity contribution in [3.8, 4) is 5.75 Å². The molecule has 0 unspecified atom stereocenters. The number of nitrogens with zero attached hydrogens (tertiary/aromatic N) is 1. The molecule has 1 aromatic heterocycles. The smallest absolute Gasteiger partial charge is 0.254 e. The van der Waals surface area contributed by atoms with Crippen LogP contribution in [-0.2, 0) is 6.54 Å². The van der Waals surface area contributed by atoms with Gasteiger partial charge in [-0.1, -0.05) is 33.1 Å². The van der Waals surface area contributed by atoms with Gasteiger partial charge in [0.05, 0.1) is 12.6 Å². The predicted octanol–water partition coefficient (Wildman–Crippen LogP) is 5.10. The van der Waals surface area contributed by atoms with E-state index in [0.29, 0.717) is 11.8 Å². The van der Waals surface area contributed by atoms with Crippen molar-refractivity contribution in [2.75, 3.05) is 7.11 Å². The van der Waals surface area contributed by atoms with Crippen LogP contribution in [0.2, 0.25) is 0 Å². The van der Waals surface area contributed by atoms with Crippen molar-refractivity contribution in [3.63, 3.8) is 0 Å². The fourth-order valence-corrected chi connectivity index (χ4v) is 3.82. The molecular formula is C21H29NO2. The molecule has 1 aliphatic rings. The van der Waals surface area contributed by atoms with E-state index < -0.39 is 0 Å². The molecule has 0 radical (unpaired) electrons. The zero-order valence-electron chi connectivity index (χ0n) is 15.2. The topological polar surface area (TPSA) is 31.2 Å². The number of aryl methyl sites for hydroxylation is 1. The Bertz CT molecular complexity index is 754. The van der Waals surface area contributed by atoms with Crippen LogP contribution < -0.4 is 10.3 Å². The Hall–Kier alpha value is -1.77. The molecule has 0 bridgehead atoms. The summed E-state index contributed by atoms with van der Waals surface area (Å²) >= 11 is 0. The molecule has 130 valence electrons. The number of aromatic nitrogens is 1. The lowest BCUT2D eigenvalue weighted by Crippen LogP contribution is -2.27. The molecule has 1 aromatic carbocycles.